The summed E-state index contributed by atoms with van der Waals surface area (Å²) in [6.07, 6.45) is 0. The predicted octanol–water partition coefficient (Wildman–Crippen LogP) is 4.46. The first-order valence-corrected chi connectivity index (χ1v) is 6.04. The quantitative estimate of drug-likeness (QED) is 0.621. The second kappa shape index (κ2) is 5.18. The van der Waals surface area contributed by atoms with Gasteiger partial charge in [0.1, 0.15) is 11.5 Å². The molecule has 0 fully saturated rings. The fourth-order valence-electron chi connectivity index (χ4n) is 1.49. The van der Waals surface area contributed by atoms with E-state index in [2.05, 4.69) is 15.9 Å². The molecule has 0 aliphatic carbocycles. The van der Waals surface area contributed by atoms with Crippen molar-refractivity contribution in [1.29, 1.82) is 0 Å². The van der Waals surface area contributed by atoms with Crippen LogP contribution in [0.25, 0.3) is 0 Å². The van der Waals surface area contributed by atoms with Gasteiger partial charge in [0.15, 0.2) is 0 Å². The first kappa shape index (κ1) is 12.6. The van der Waals surface area contributed by atoms with E-state index in [1.807, 2.05) is 25.1 Å². The van der Waals surface area contributed by atoms with Crippen LogP contribution in [-0.2, 0) is 0 Å². The Balaban J connectivity index is 2.21. The first-order valence-electron chi connectivity index (χ1n) is 5.25. The molecule has 0 N–H and O–H groups in total. The lowest BCUT2D eigenvalue weighted by Gasteiger charge is -2.08. The fourth-order valence-corrected chi connectivity index (χ4v) is 1.97. The Morgan fingerprint density at radius 2 is 1.83 bits per heavy atom. The molecule has 0 bridgehead atoms. The molecule has 0 spiro atoms. The van der Waals surface area contributed by atoms with Crippen molar-refractivity contribution in [3.63, 3.8) is 0 Å². The van der Waals surface area contributed by atoms with Gasteiger partial charge in [-0.15, -0.1) is 0 Å². The monoisotopic (exact) mass is 307 g/mol. The van der Waals surface area contributed by atoms with E-state index in [0.29, 0.717) is 5.75 Å². The van der Waals surface area contributed by atoms with Gasteiger partial charge in [-0.25, -0.2) is 0 Å². The van der Waals surface area contributed by atoms with Gasteiger partial charge in [0.05, 0.1) is 4.92 Å². The molecule has 18 heavy (non-hydrogen) atoms. The Labute approximate surface area is 112 Å². The van der Waals surface area contributed by atoms with Crippen LogP contribution in [0.15, 0.2) is 46.9 Å². The minimum atomic E-state index is -0.436. The highest BCUT2D eigenvalue weighted by atomic mass is 79.9. The Morgan fingerprint density at radius 3 is 2.39 bits per heavy atom. The molecule has 0 aromatic heterocycles. The van der Waals surface area contributed by atoms with Crippen molar-refractivity contribution >= 4 is 21.6 Å². The van der Waals surface area contributed by atoms with Crippen LogP contribution >= 0.6 is 15.9 Å². The molecule has 0 unspecified atom stereocenters. The predicted molar refractivity (Wildman–Crippen MR) is 72.0 cm³/mol. The number of ether oxygens (including phenoxy) is 1. The van der Waals surface area contributed by atoms with Gasteiger partial charge in [0, 0.05) is 16.6 Å². The van der Waals surface area contributed by atoms with Crippen LogP contribution in [0.4, 0.5) is 5.69 Å². The molecule has 92 valence electrons. The van der Waals surface area contributed by atoms with Crippen LogP contribution < -0.4 is 4.74 Å². The van der Waals surface area contributed by atoms with E-state index in [0.717, 1.165) is 15.8 Å². The van der Waals surface area contributed by atoms with Gasteiger partial charge >= 0.3 is 0 Å². The Hall–Kier alpha value is -1.88. The third kappa shape index (κ3) is 2.87. The van der Waals surface area contributed by atoms with Gasteiger partial charge < -0.3 is 4.74 Å². The summed E-state index contributed by atoms with van der Waals surface area (Å²) < 4.78 is 6.64. The van der Waals surface area contributed by atoms with E-state index in [1.165, 1.54) is 12.1 Å². The zero-order valence-corrected chi connectivity index (χ0v) is 11.2. The van der Waals surface area contributed by atoms with Crippen molar-refractivity contribution in [2.45, 2.75) is 6.92 Å². The molecule has 0 atom stereocenters. The van der Waals surface area contributed by atoms with E-state index in [4.69, 9.17) is 4.74 Å². The van der Waals surface area contributed by atoms with Gasteiger partial charge in [-0.1, -0.05) is 15.9 Å². The molecule has 2 aromatic rings. The van der Waals surface area contributed by atoms with E-state index in [9.17, 15) is 10.1 Å². The zero-order valence-electron chi connectivity index (χ0n) is 9.59. The highest BCUT2D eigenvalue weighted by Crippen LogP contribution is 2.28. The average Bonchev–Trinajstić information content (AvgIpc) is 2.33. The summed E-state index contributed by atoms with van der Waals surface area (Å²) in [5.41, 5.74) is 1.04. The standard InChI is InChI=1S/C13H10BrNO3/c1-9-8-10(14)2-7-13(9)18-12-5-3-11(4-6-12)15(16)17/h2-8H,1H3. The molecule has 0 radical (unpaired) electrons. The van der Waals surface area contributed by atoms with Gasteiger partial charge in [-0.05, 0) is 42.8 Å². The number of benzene rings is 2. The van der Waals surface area contributed by atoms with Crippen LogP contribution in [-0.4, -0.2) is 4.92 Å². The SMILES string of the molecule is Cc1cc(Br)ccc1Oc1ccc([N+](=O)[O-])cc1. The summed E-state index contributed by atoms with van der Waals surface area (Å²) in [6.45, 7) is 1.94. The molecule has 2 aromatic carbocycles. The van der Waals surface area contributed by atoms with Crippen LogP contribution in [0.1, 0.15) is 5.56 Å². The molecular formula is C13H10BrNO3. The molecule has 0 aliphatic heterocycles. The lowest BCUT2D eigenvalue weighted by atomic mass is 10.2. The largest absolute Gasteiger partial charge is 0.457 e. The maximum atomic E-state index is 10.5. The van der Waals surface area contributed by atoms with Crippen LogP contribution in [0.2, 0.25) is 0 Å². The molecule has 5 heteroatoms. The number of halogens is 1. The summed E-state index contributed by atoms with van der Waals surface area (Å²) >= 11 is 3.38. The van der Waals surface area contributed by atoms with E-state index in [1.54, 1.807) is 12.1 Å². The number of non-ortho nitro benzene ring substituents is 1. The summed E-state index contributed by atoms with van der Waals surface area (Å²) in [7, 11) is 0. The highest BCUT2D eigenvalue weighted by molar-refractivity contribution is 9.10. The molecule has 2 rings (SSSR count). The maximum Gasteiger partial charge on any atom is 0.269 e. The zero-order chi connectivity index (χ0) is 13.1. The number of aryl methyl sites for hydroxylation is 1. The molecule has 0 saturated heterocycles. The van der Waals surface area contributed by atoms with Crippen molar-refractivity contribution < 1.29 is 9.66 Å². The molecular weight excluding hydrogens is 298 g/mol. The normalized spacial score (nSPS) is 10.1. The Morgan fingerprint density at radius 1 is 1.17 bits per heavy atom. The third-order valence-electron chi connectivity index (χ3n) is 2.41. The van der Waals surface area contributed by atoms with Crippen molar-refractivity contribution in [2.75, 3.05) is 0 Å². The smallest absolute Gasteiger partial charge is 0.269 e. The maximum absolute atomic E-state index is 10.5. The first-order chi connectivity index (χ1) is 8.56. The van der Waals surface area contributed by atoms with Crippen molar-refractivity contribution in [3.05, 3.63) is 62.6 Å². The second-order valence-electron chi connectivity index (χ2n) is 3.76. The number of hydrogen-bond donors (Lipinski definition) is 0. The number of rotatable bonds is 3. The third-order valence-corrected chi connectivity index (χ3v) is 2.91. The van der Waals surface area contributed by atoms with Gasteiger partial charge in [-0.3, -0.25) is 10.1 Å². The topological polar surface area (TPSA) is 52.4 Å². The average molecular weight is 308 g/mol. The van der Waals surface area contributed by atoms with Gasteiger partial charge in [-0.2, -0.15) is 0 Å². The van der Waals surface area contributed by atoms with Crippen molar-refractivity contribution in [2.24, 2.45) is 0 Å². The van der Waals surface area contributed by atoms with Crippen LogP contribution in [0, 0.1) is 17.0 Å². The van der Waals surface area contributed by atoms with Gasteiger partial charge in [0.25, 0.3) is 5.69 Å². The van der Waals surface area contributed by atoms with E-state index < -0.39 is 4.92 Å². The molecule has 0 aliphatic rings. The number of hydrogen-bond acceptors (Lipinski definition) is 3. The number of nitro benzene ring substituents is 1. The molecule has 0 heterocycles. The molecule has 4 nitrogen and oxygen atoms in total. The highest BCUT2D eigenvalue weighted by Gasteiger charge is 2.06. The Kier molecular flexibility index (Phi) is 3.62. The van der Waals surface area contributed by atoms with Crippen LogP contribution in [0.3, 0.4) is 0 Å². The summed E-state index contributed by atoms with van der Waals surface area (Å²) in [5.74, 6) is 1.30. The summed E-state index contributed by atoms with van der Waals surface area (Å²) in [4.78, 5) is 10.1. The fraction of sp³-hybridized carbons (Fsp3) is 0.0769. The second-order valence-corrected chi connectivity index (χ2v) is 4.68. The van der Waals surface area contributed by atoms with Gasteiger partial charge in [0.2, 0.25) is 0 Å². The van der Waals surface area contributed by atoms with E-state index in [-0.39, 0.29) is 5.69 Å². The number of nitrogens with zero attached hydrogens (tertiary/aromatic N) is 1. The number of nitro groups is 1. The Bertz CT molecular complexity index is 581. The van der Waals surface area contributed by atoms with Crippen LogP contribution in [0.5, 0.6) is 11.5 Å². The molecule has 0 saturated carbocycles. The lowest BCUT2D eigenvalue weighted by Crippen LogP contribution is -1.89. The lowest BCUT2D eigenvalue weighted by molar-refractivity contribution is -0.384. The summed E-state index contributed by atoms with van der Waals surface area (Å²) in [5, 5.41) is 10.5. The van der Waals surface area contributed by atoms with Crippen molar-refractivity contribution in [3.8, 4) is 11.5 Å². The van der Waals surface area contributed by atoms with E-state index >= 15 is 0 Å². The minimum Gasteiger partial charge on any atom is -0.457 e. The molecule has 0 amide bonds. The summed E-state index contributed by atoms with van der Waals surface area (Å²) in [6, 6.07) is 11.7. The minimum absolute atomic E-state index is 0.0508. The van der Waals surface area contributed by atoms with Crippen molar-refractivity contribution in [1.82, 2.24) is 0 Å².